The van der Waals surface area contributed by atoms with Crippen molar-refractivity contribution in [1.82, 2.24) is 10.2 Å². The number of nitrogens with one attached hydrogen (secondary N) is 1. The van der Waals surface area contributed by atoms with Crippen molar-refractivity contribution in [2.24, 2.45) is 11.8 Å². The van der Waals surface area contributed by atoms with E-state index >= 15 is 0 Å². The zero-order valence-electron chi connectivity index (χ0n) is 11.8. The summed E-state index contributed by atoms with van der Waals surface area (Å²) in [6, 6.07) is 0.684. The fraction of sp³-hybridized carbons (Fsp3) is 1.00. The van der Waals surface area contributed by atoms with Gasteiger partial charge in [-0.1, -0.05) is 6.92 Å². The van der Waals surface area contributed by atoms with Crippen LogP contribution in [0.2, 0.25) is 0 Å². The molecule has 2 aliphatic rings. The summed E-state index contributed by atoms with van der Waals surface area (Å²) in [4.78, 5) is 2.57. The van der Waals surface area contributed by atoms with Crippen LogP contribution in [-0.4, -0.2) is 42.9 Å². The molecule has 0 aromatic carbocycles. The minimum absolute atomic E-state index is 0.0738. The van der Waals surface area contributed by atoms with Gasteiger partial charge in [0.1, 0.15) is 5.72 Å². The molecule has 0 aromatic heterocycles. The fourth-order valence-electron chi connectivity index (χ4n) is 3.03. The van der Waals surface area contributed by atoms with Crippen molar-refractivity contribution in [3.63, 3.8) is 0 Å². The van der Waals surface area contributed by atoms with Gasteiger partial charge >= 0.3 is 0 Å². The van der Waals surface area contributed by atoms with Crippen molar-refractivity contribution in [1.29, 1.82) is 0 Å². The zero-order chi connectivity index (χ0) is 12.5. The maximum absolute atomic E-state index is 6.08. The van der Waals surface area contributed by atoms with Crippen LogP contribution in [-0.2, 0) is 4.74 Å². The van der Waals surface area contributed by atoms with Crippen molar-refractivity contribution in [3.8, 4) is 0 Å². The van der Waals surface area contributed by atoms with Gasteiger partial charge in [-0.05, 0) is 52.6 Å². The Morgan fingerprint density at radius 1 is 1.29 bits per heavy atom. The first-order valence-electron chi connectivity index (χ1n) is 7.14. The third-order valence-electron chi connectivity index (χ3n) is 4.51. The molecule has 0 radical (unpaired) electrons. The number of nitrogens with zero attached hydrogens (tertiary/aromatic N) is 1. The van der Waals surface area contributed by atoms with Gasteiger partial charge in [-0.3, -0.25) is 5.32 Å². The van der Waals surface area contributed by atoms with E-state index in [1.807, 2.05) is 0 Å². The van der Waals surface area contributed by atoms with E-state index in [1.165, 1.54) is 25.9 Å². The number of ether oxygens (including phenoxy) is 1. The summed E-state index contributed by atoms with van der Waals surface area (Å²) in [6.07, 6.45) is 2.52. The van der Waals surface area contributed by atoms with Crippen LogP contribution in [0.1, 0.15) is 40.5 Å². The lowest BCUT2D eigenvalue weighted by Gasteiger charge is -2.47. The third-order valence-corrected chi connectivity index (χ3v) is 4.51. The monoisotopic (exact) mass is 240 g/mol. The van der Waals surface area contributed by atoms with Gasteiger partial charge in [0.05, 0.1) is 6.61 Å². The molecule has 3 nitrogen and oxygen atoms in total. The van der Waals surface area contributed by atoms with Crippen molar-refractivity contribution in [2.75, 3.05) is 26.2 Å². The Balaban J connectivity index is 1.87. The van der Waals surface area contributed by atoms with Crippen molar-refractivity contribution in [3.05, 3.63) is 0 Å². The molecule has 17 heavy (non-hydrogen) atoms. The summed E-state index contributed by atoms with van der Waals surface area (Å²) in [6.45, 7) is 13.5. The summed E-state index contributed by atoms with van der Waals surface area (Å²) in [5, 5.41) is 3.62. The largest absolute Gasteiger partial charge is 0.360 e. The number of likely N-dealkylation sites (tertiary alicyclic amines) is 1. The second kappa shape index (κ2) is 5.25. The Morgan fingerprint density at radius 3 is 2.41 bits per heavy atom. The maximum atomic E-state index is 6.08. The van der Waals surface area contributed by atoms with E-state index in [4.69, 9.17) is 4.74 Å². The van der Waals surface area contributed by atoms with Gasteiger partial charge < -0.3 is 9.64 Å². The molecule has 2 atom stereocenters. The fourth-order valence-corrected chi connectivity index (χ4v) is 3.03. The molecular weight excluding hydrogens is 212 g/mol. The molecule has 2 aliphatic heterocycles. The van der Waals surface area contributed by atoms with Crippen LogP contribution in [0.15, 0.2) is 0 Å². The molecule has 0 aromatic rings. The van der Waals surface area contributed by atoms with Crippen molar-refractivity contribution >= 4 is 0 Å². The van der Waals surface area contributed by atoms with Gasteiger partial charge in [0.25, 0.3) is 0 Å². The molecule has 0 aliphatic carbocycles. The first kappa shape index (κ1) is 13.3. The molecule has 2 unspecified atom stereocenters. The Morgan fingerprint density at radius 2 is 1.94 bits per heavy atom. The highest BCUT2D eigenvalue weighted by molar-refractivity contribution is 4.89. The molecule has 2 fully saturated rings. The zero-order valence-corrected chi connectivity index (χ0v) is 11.8. The minimum Gasteiger partial charge on any atom is -0.360 e. The molecule has 0 amide bonds. The number of hydrogen-bond acceptors (Lipinski definition) is 3. The molecule has 0 spiro atoms. The smallest absolute Gasteiger partial charge is 0.119 e. The number of rotatable bonds is 2. The van der Waals surface area contributed by atoms with E-state index in [2.05, 4.69) is 37.9 Å². The average molecular weight is 240 g/mol. The Bertz CT molecular complexity index is 239. The molecule has 2 heterocycles. The van der Waals surface area contributed by atoms with Crippen LogP contribution in [0.25, 0.3) is 0 Å². The van der Waals surface area contributed by atoms with Crippen molar-refractivity contribution in [2.45, 2.75) is 52.3 Å². The van der Waals surface area contributed by atoms with E-state index in [0.29, 0.717) is 17.9 Å². The lowest BCUT2D eigenvalue weighted by molar-refractivity contribution is -0.146. The van der Waals surface area contributed by atoms with Gasteiger partial charge in [-0.25, -0.2) is 0 Å². The SMILES string of the molecule is CC1CNC(C)(C2CCN(C(C)C)CC2)OC1. The van der Waals surface area contributed by atoms with Gasteiger partial charge in [0.15, 0.2) is 0 Å². The highest BCUT2D eigenvalue weighted by Crippen LogP contribution is 2.32. The molecule has 0 bridgehead atoms. The van der Waals surface area contributed by atoms with Gasteiger partial charge in [0.2, 0.25) is 0 Å². The topological polar surface area (TPSA) is 24.5 Å². The lowest BCUT2D eigenvalue weighted by atomic mass is 9.85. The summed E-state index contributed by atoms with van der Waals surface area (Å²) >= 11 is 0. The van der Waals surface area contributed by atoms with E-state index < -0.39 is 0 Å². The maximum Gasteiger partial charge on any atom is 0.119 e. The molecule has 2 saturated heterocycles. The molecular formula is C14H28N2O. The Labute approximate surface area is 106 Å². The van der Waals surface area contributed by atoms with Crippen LogP contribution in [0.4, 0.5) is 0 Å². The predicted octanol–water partition coefficient (Wildman–Crippen LogP) is 2.08. The summed E-state index contributed by atoms with van der Waals surface area (Å²) < 4.78 is 6.08. The highest BCUT2D eigenvalue weighted by atomic mass is 16.5. The summed E-state index contributed by atoms with van der Waals surface area (Å²) in [7, 11) is 0. The van der Waals surface area contributed by atoms with Crippen LogP contribution < -0.4 is 5.32 Å². The standard InChI is InChI=1S/C14H28N2O/c1-11(2)16-7-5-13(6-8-16)14(4)15-9-12(3)10-17-14/h11-13,15H,5-10H2,1-4H3. The quantitative estimate of drug-likeness (QED) is 0.800. The van der Waals surface area contributed by atoms with Crippen molar-refractivity contribution < 1.29 is 4.74 Å². The van der Waals surface area contributed by atoms with Gasteiger partial charge in [0, 0.05) is 18.5 Å². The van der Waals surface area contributed by atoms with Crippen LogP contribution in [0.5, 0.6) is 0 Å². The second-order valence-corrected chi connectivity index (χ2v) is 6.31. The van der Waals surface area contributed by atoms with Gasteiger partial charge in [-0.2, -0.15) is 0 Å². The predicted molar refractivity (Wildman–Crippen MR) is 71.0 cm³/mol. The van der Waals surface area contributed by atoms with Gasteiger partial charge in [-0.15, -0.1) is 0 Å². The van der Waals surface area contributed by atoms with E-state index in [9.17, 15) is 0 Å². The molecule has 100 valence electrons. The van der Waals surface area contributed by atoms with Crippen LogP contribution in [0, 0.1) is 11.8 Å². The average Bonchev–Trinajstić information content (AvgIpc) is 2.33. The Kier molecular flexibility index (Phi) is 4.11. The number of piperidine rings is 1. The minimum atomic E-state index is -0.0738. The summed E-state index contributed by atoms with van der Waals surface area (Å²) in [5.41, 5.74) is -0.0738. The van der Waals surface area contributed by atoms with E-state index in [0.717, 1.165) is 13.2 Å². The highest BCUT2D eigenvalue weighted by Gasteiger charge is 2.39. The molecule has 0 saturated carbocycles. The second-order valence-electron chi connectivity index (χ2n) is 6.31. The first-order chi connectivity index (χ1) is 8.01. The van der Waals surface area contributed by atoms with Crippen LogP contribution >= 0.6 is 0 Å². The Hall–Kier alpha value is -0.120. The normalized spacial score (nSPS) is 37.6. The summed E-state index contributed by atoms with van der Waals surface area (Å²) in [5.74, 6) is 1.32. The number of hydrogen-bond donors (Lipinski definition) is 1. The lowest BCUT2D eigenvalue weighted by Crippen LogP contribution is -2.59. The first-order valence-corrected chi connectivity index (χ1v) is 7.14. The van der Waals surface area contributed by atoms with E-state index in [-0.39, 0.29) is 5.72 Å². The molecule has 2 rings (SSSR count). The third kappa shape index (κ3) is 3.01. The molecule has 1 N–H and O–H groups in total. The van der Waals surface area contributed by atoms with E-state index in [1.54, 1.807) is 0 Å². The molecule has 3 heteroatoms. The van der Waals surface area contributed by atoms with Crippen LogP contribution in [0.3, 0.4) is 0 Å².